The van der Waals surface area contributed by atoms with Gasteiger partial charge in [0.1, 0.15) is 11.1 Å². The third kappa shape index (κ3) is 4.39. The number of pyridine rings is 1. The van der Waals surface area contributed by atoms with Gasteiger partial charge in [-0.1, -0.05) is 13.8 Å². The molecule has 1 amide bonds. The third-order valence-electron chi connectivity index (χ3n) is 4.27. The molecular weight excluding hydrogens is 330 g/mol. The van der Waals surface area contributed by atoms with Crippen LogP contribution in [0.4, 0.5) is 10.5 Å². The second-order valence-electron chi connectivity index (χ2n) is 8.65. The van der Waals surface area contributed by atoms with Crippen LogP contribution in [0.5, 0.6) is 0 Å². The summed E-state index contributed by atoms with van der Waals surface area (Å²) in [7, 11) is 0. The van der Waals surface area contributed by atoms with Crippen LogP contribution in [0.2, 0.25) is 0 Å². The zero-order valence-corrected chi connectivity index (χ0v) is 16.1. The molecule has 3 heterocycles. The van der Waals surface area contributed by atoms with E-state index in [4.69, 9.17) is 4.74 Å². The van der Waals surface area contributed by atoms with Crippen molar-refractivity contribution in [3.05, 3.63) is 24.7 Å². The van der Waals surface area contributed by atoms with Gasteiger partial charge in [0, 0.05) is 31.7 Å². The molecule has 0 aliphatic carbocycles. The topological polar surface area (TPSA) is 80.2 Å². The van der Waals surface area contributed by atoms with Crippen LogP contribution in [0, 0.1) is 5.41 Å². The highest BCUT2D eigenvalue weighted by Crippen LogP contribution is 2.33. The number of hydrogen-bond donors (Lipinski definition) is 1. The molecule has 0 aromatic carbocycles. The number of carbonyl (C=O) groups is 1. The number of nitrogens with one attached hydrogen (secondary N) is 1. The number of aromatic nitrogens is 3. The average Bonchev–Trinajstić information content (AvgIpc) is 2.50. The minimum atomic E-state index is -0.509. The maximum atomic E-state index is 12.2. The van der Waals surface area contributed by atoms with Gasteiger partial charge in [0.2, 0.25) is 0 Å². The lowest BCUT2D eigenvalue weighted by Crippen LogP contribution is -2.54. The minimum Gasteiger partial charge on any atom is -0.444 e. The second-order valence-corrected chi connectivity index (χ2v) is 8.65. The van der Waals surface area contributed by atoms with Crippen molar-refractivity contribution in [3.8, 4) is 0 Å². The number of ether oxygens (including phenoxy) is 1. The van der Waals surface area contributed by atoms with Gasteiger partial charge in [-0.3, -0.25) is 0 Å². The molecule has 26 heavy (non-hydrogen) atoms. The van der Waals surface area contributed by atoms with Crippen LogP contribution in [0.25, 0.3) is 11.2 Å². The second kappa shape index (κ2) is 6.70. The third-order valence-corrected chi connectivity index (χ3v) is 4.27. The lowest BCUT2D eigenvalue weighted by Gasteiger charge is -2.43. The normalized spacial score (nSPS) is 20.0. The molecule has 0 radical (unpaired) electrons. The van der Waals surface area contributed by atoms with E-state index in [-0.39, 0.29) is 17.6 Å². The van der Waals surface area contributed by atoms with E-state index >= 15 is 0 Å². The standard InChI is InChI=1S/C19H27N5O2/c1-18(2,3)26-17(25)23-13-10-19(4,5)12-24(11-13)14-6-7-21-16-15(14)20-8-9-22-16/h6-9,13H,10-12H2,1-5H3,(H,23,25)/t13-/m1/s1. The summed E-state index contributed by atoms with van der Waals surface area (Å²) in [5.41, 5.74) is 1.93. The van der Waals surface area contributed by atoms with Crippen LogP contribution in [0.3, 0.4) is 0 Å². The number of amides is 1. The van der Waals surface area contributed by atoms with E-state index in [1.807, 2.05) is 26.8 Å². The molecule has 0 saturated carbocycles. The fourth-order valence-electron chi connectivity index (χ4n) is 3.52. The van der Waals surface area contributed by atoms with Gasteiger partial charge in [0.25, 0.3) is 0 Å². The molecule has 7 nitrogen and oxygen atoms in total. The SMILES string of the molecule is CC1(C)C[C@@H](NC(=O)OC(C)(C)C)CN(c2ccnc3nccnc23)C1. The van der Waals surface area contributed by atoms with Crippen LogP contribution in [0.15, 0.2) is 24.7 Å². The molecule has 140 valence electrons. The van der Waals surface area contributed by atoms with E-state index < -0.39 is 5.60 Å². The van der Waals surface area contributed by atoms with Crippen molar-refractivity contribution >= 4 is 22.9 Å². The highest BCUT2D eigenvalue weighted by Gasteiger charge is 2.35. The Bertz CT molecular complexity index is 795. The van der Waals surface area contributed by atoms with Crippen molar-refractivity contribution < 1.29 is 9.53 Å². The lowest BCUT2D eigenvalue weighted by molar-refractivity contribution is 0.0484. The van der Waals surface area contributed by atoms with Gasteiger partial charge in [-0.25, -0.2) is 19.7 Å². The first-order valence-corrected chi connectivity index (χ1v) is 8.93. The molecule has 2 aromatic rings. The summed E-state index contributed by atoms with van der Waals surface area (Å²) >= 11 is 0. The molecule has 0 spiro atoms. The number of carbonyl (C=O) groups excluding carboxylic acids is 1. The monoisotopic (exact) mass is 357 g/mol. The summed E-state index contributed by atoms with van der Waals surface area (Å²) < 4.78 is 5.42. The molecule has 3 rings (SSSR count). The first-order chi connectivity index (χ1) is 12.1. The van der Waals surface area contributed by atoms with Crippen molar-refractivity contribution in [2.45, 2.75) is 52.7 Å². The number of piperidine rings is 1. The molecule has 2 aromatic heterocycles. The van der Waals surface area contributed by atoms with Crippen LogP contribution in [0.1, 0.15) is 41.0 Å². The Kier molecular flexibility index (Phi) is 4.73. The number of nitrogens with zero attached hydrogens (tertiary/aromatic N) is 4. The quantitative estimate of drug-likeness (QED) is 0.889. The molecule has 1 aliphatic heterocycles. The van der Waals surface area contributed by atoms with Crippen LogP contribution in [-0.4, -0.2) is 45.8 Å². The number of anilines is 1. The lowest BCUT2D eigenvalue weighted by atomic mass is 9.81. The Hall–Kier alpha value is -2.44. The molecule has 0 unspecified atom stereocenters. The zero-order valence-electron chi connectivity index (χ0n) is 16.1. The van der Waals surface area contributed by atoms with Crippen molar-refractivity contribution in [1.82, 2.24) is 20.3 Å². The largest absolute Gasteiger partial charge is 0.444 e. The summed E-state index contributed by atoms with van der Waals surface area (Å²) in [4.78, 5) is 27.5. The summed E-state index contributed by atoms with van der Waals surface area (Å²) in [5, 5.41) is 3.02. The van der Waals surface area contributed by atoms with E-state index in [0.717, 1.165) is 24.2 Å². The highest BCUT2D eigenvalue weighted by molar-refractivity contribution is 5.85. The summed E-state index contributed by atoms with van der Waals surface area (Å²) in [6.45, 7) is 11.6. The number of rotatable bonds is 2. The van der Waals surface area contributed by atoms with Crippen molar-refractivity contribution in [3.63, 3.8) is 0 Å². The predicted octanol–water partition coefficient (Wildman–Crippen LogP) is 3.15. The van der Waals surface area contributed by atoms with Crippen LogP contribution < -0.4 is 10.2 Å². The maximum Gasteiger partial charge on any atom is 0.407 e. The van der Waals surface area contributed by atoms with Crippen molar-refractivity contribution in [2.75, 3.05) is 18.0 Å². The van der Waals surface area contributed by atoms with E-state index in [0.29, 0.717) is 12.2 Å². The van der Waals surface area contributed by atoms with Crippen LogP contribution >= 0.6 is 0 Å². The molecule has 1 aliphatic rings. The van der Waals surface area contributed by atoms with Crippen molar-refractivity contribution in [2.24, 2.45) is 5.41 Å². The molecule has 0 bridgehead atoms. The smallest absolute Gasteiger partial charge is 0.407 e. The number of alkyl carbamates (subject to hydrolysis) is 1. The summed E-state index contributed by atoms with van der Waals surface area (Å²) in [5.74, 6) is 0. The fourth-order valence-corrected chi connectivity index (χ4v) is 3.52. The average molecular weight is 357 g/mol. The van der Waals surface area contributed by atoms with E-state index in [1.54, 1.807) is 18.6 Å². The first-order valence-electron chi connectivity index (χ1n) is 8.93. The zero-order chi connectivity index (χ0) is 18.9. The molecular formula is C19H27N5O2. The maximum absolute atomic E-state index is 12.2. The fraction of sp³-hybridized carbons (Fsp3) is 0.579. The molecule has 7 heteroatoms. The van der Waals surface area contributed by atoms with Gasteiger partial charge in [0.05, 0.1) is 11.7 Å². The summed E-state index contributed by atoms with van der Waals surface area (Å²) in [6, 6.07) is 1.96. The minimum absolute atomic E-state index is 0.00603. The Morgan fingerprint density at radius 1 is 1.23 bits per heavy atom. The molecule has 1 N–H and O–H groups in total. The van der Waals surface area contributed by atoms with E-state index in [9.17, 15) is 4.79 Å². The Balaban J connectivity index is 1.83. The van der Waals surface area contributed by atoms with Crippen LogP contribution in [-0.2, 0) is 4.74 Å². The van der Waals surface area contributed by atoms with Gasteiger partial charge >= 0.3 is 6.09 Å². The highest BCUT2D eigenvalue weighted by atomic mass is 16.6. The Morgan fingerprint density at radius 3 is 2.65 bits per heavy atom. The molecule has 1 saturated heterocycles. The van der Waals surface area contributed by atoms with Gasteiger partial charge in [-0.05, 0) is 38.7 Å². The number of hydrogen-bond acceptors (Lipinski definition) is 6. The molecule has 1 fully saturated rings. The first kappa shape index (κ1) is 18.4. The van der Waals surface area contributed by atoms with Gasteiger partial charge in [0.15, 0.2) is 5.65 Å². The van der Waals surface area contributed by atoms with E-state index in [1.165, 1.54) is 0 Å². The summed E-state index contributed by atoms with van der Waals surface area (Å²) in [6.07, 6.45) is 5.59. The Morgan fingerprint density at radius 2 is 1.92 bits per heavy atom. The predicted molar refractivity (Wildman–Crippen MR) is 101 cm³/mol. The van der Waals surface area contributed by atoms with Gasteiger partial charge in [-0.2, -0.15) is 0 Å². The van der Waals surface area contributed by atoms with Gasteiger partial charge < -0.3 is 15.0 Å². The molecule has 1 atom stereocenters. The van der Waals surface area contributed by atoms with E-state index in [2.05, 4.69) is 39.0 Å². The van der Waals surface area contributed by atoms with Crippen molar-refractivity contribution in [1.29, 1.82) is 0 Å². The number of fused-ring (bicyclic) bond motifs is 1. The van der Waals surface area contributed by atoms with Gasteiger partial charge in [-0.15, -0.1) is 0 Å². The Labute approximate surface area is 154 Å².